The van der Waals surface area contributed by atoms with Crippen LogP contribution in [-0.2, 0) is 17.5 Å². The molecule has 2 aliphatic carbocycles. The fourth-order valence-electron chi connectivity index (χ4n) is 5.96. The van der Waals surface area contributed by atoms with Crippen molar-refractivity contribution in [1.29, 1.82) is 0 Å². The minimum absolute atomic E-state index is 0.0139. The number of nitrogens with zero attached hydrogens (tertiary/aromatic N) is 4. The molecule has 4 N–H and O–H groups in total. The topological polar surface area (TPSA) is 122 Å². The molecule has 5 rings (SSSR count). The maximum Gasteiger partial charge on any atom is 0.417 e. The highest BCUT2D eigenvalue weighted by Crippen LogP contribution is 2.60. The number of aromatic nitrogens is 4. The molecule has 2 heterocycles. The van der Waals surface area contributed by atoms with E-state index in [9.17, 15) is 22.8 Å². The largest absolute Gasteiger partial charge is 0.417 e. The Bertz CT molecular complexity index is 1520. The number of carbonyl (C=O) groups is 2. The van der Waals surface area contributed by atoms with Crippen molar-refractivity contribution in [3.05, 3.63) is 52.3 Å². The predicted molar refractivity (Wildman–Crippen MR) is 138 cm³/mol. The Morgan fingerprint density at radius 3 is 2.67 bits per heavy atom. The summed E-state index contributed by atoms with van der Waals surface area (Å²) in [6.07, 6.45) is 2.52. The second-order valence-corrected chi connectivity index (χ2v) is 10.8. The van der Waals surface area contributed by atoms with Gasteiger partial charge >= 0.3 is 6.18 Å². The maximum absolute atomic E-state index is 13.2. The molecule has 0 saturated heterocycles. The first-order valence-corrected chi connectivity index (χ1v) is 12.8. The van der Waals surface area contributed by atoms with Crippen LogP contribution in [-0.4, -0.2) is 31.3 Å². The standard InChI is InChI=1S/C27H26ClF3N6O2/c1-2-3-21(38)16-6-7-26(9-16)10-18(11-26)37-24(32)22(25(33)39)23(35-37)17-12-34-36(14-17)13-15-4-5-20(28)19(8-15)27(29,30)31/h4-5,8,12,14,16,18H,6-7,9-11,13,32H2,1H3,(H2,33,39). The Balaban J connectivity index is 1.36. The smallest absolute Gasteiger partial charge is 0.383 e. The highest BCUT2D eigenvalue weighted by molar-refractivity contribution is 6.31. The zero-order valence-electron chi connectivity index (χ0n) is 21.1. The fourth-order valence-corrected chi connectivity index (χ4v) is 6.18. The lowest BCUT2D eigenvalue weighted by Crippen LogP contribution is -2.38. The van der Waals surface area contributed by atoms with Crippen LogP contribution in [0, 0.1) is 23.2 Å². The van der Waals surface area contributed by atoms with Crippen molar-refractivity contribution in [2.75, 3.05) is 5.73 Å². The lowest BCUT2D eigenvalue weighted by molar-refractivity contribution is -0.137. The molecule has 3 aromatic rings. The molecule has 39 heavy (non-hydrogen) atoms. The number of anilines is 1. The SMILES string of the molecule is CC#CC(=O)C1CCC2(C1)CC(n1nc(-c3cnn(Cc4ccc(Cl)c(C(F)(F)F)c4)c3)c(C(N)=O)c1N)C2. The first-order chi connectivity index (χ1) is 18.4. The molecule has 8 nitrogen and oxygen atoms in total. The van der Waals surface area contributed by atoms with Gasteiger partial charge in [0.15, 0.2) is 0 Å². The monoisotopic (exact) mass is 558 g/mol. The van der Waals surface area contributed by atoms with Gasteiger partial charge in [0.05, 0.1) is 29.4 Å². The molecule has 204 valence electrons. The van der Waals surface area contributed by atoms with Crippen LogP contribution < -0.4 is 11.5 Å². The van der Waals surface area contributed by atoms with E-state index in [0.717, 1.165) is 38.2 Å². The summed E-state index contributed by atoms with van der Waals surface area (Å²) in [5.41, 5.74) is 12.2. The van der Waals surface area contributed by atoms with Gasteiger partial charge in [-0.15, -0.1) is 0 Å². The number of rotatable bonds is 6. The minimum atomic E-state index is -4.58. The summed E-state index contributed by atoms with van der Waals surface area (Å²) in [7, 11) is 0. The summed E-state index contributed by atoms with van der Waals surface area (Å²) in [4.78, 5) is 24.6. The molecule has 0 aliphatic heterocycles. The van der Waals surface area contributed by atoms with Gasteiger partial charge < -0.3 is 11.5 Å². The Kier molecular flexibility index (Phi) is 6.71. The van der Waals surface area contributed by atoms with Crippen molar-refractivity contribution < 1.29 is 22.8 Å². The minimum Gasteiger partial charge on any atom is -0.383 e. The number of alkyl halides is 3. The van der Waals surface area contributed by atoms with Crippen molar-refractivity contribution in [2.24, 2.45) is 17.1 Å². The van der Waals surface area contributed by atoms with Crippen molar-refractivity contribution in [2.45, 2.75) is 57.8 Å². The number of benzene rings is 1. The van der Waals surface area contributed by atoms with Crippen LogP contribution in [0.2, 0.25) is 5.02 Å². The van der Waals surface area contributed by atoms with E-state index in [0.29, 0.717) is 11.1 Å². The van der Waals surface area contributed by atoms with Gasteiger partial charge in [-0.2, -0.15) is 23.4 Å². The van der Waals surface area contributed by atoms with Gasteiger partial charge in [-0.25, -0.2) is 4.68 Å². The van der Waals surface area contributed by atoms with E-state index >= 15 is 0 Å². The van der Waals surface area contributed by atoms with Crippen molar-refractivity contribution in [3.8, 4) is 23.1 Å². The van der Waals surface area contributed by atoms with E-state index in [1.54, 1.807) is 17.8 Å². The molecule has 1 unspecified atom stereocenters. The van der Waals surface area contributed by atoms with Gasteiger partial charge in [-0.1, -0.05) is 23.6 Å². The zero-order chi connectivity index (χ0) is 28.1. The van der Waals surface area contributed by atoms with E-state index in [1.165, 1.54) is 23.0 Å². The lowest BCUT2D eigenvalue weighted by atomic mass is 9.64. The molecule has 2 saturated carbocycles. The quantitative estimate of drug-likeness (QED) is 0.330. The molecule has 2 aromatic heterocycles. The number of nitrogen functional groups attached to an aromatic ring is 1. The molecule has 12 heteroatoms. The number of primary amides is 1. The molecule has 0 radical (unpaired) electrons. The Morgan fingerprint density at radius 1 is 1.26 bits per heavy atom. The lowest BCUT2D eigenvalue weighted by Gasteiger charge is -2.45. The highest BCUT2D eigenvalue weighted by atomic mass is 35.5. The summed E-state index contributed by atoms with van der Waals surface area (Å²) < 4.78 is 42.8. The Hall–Kier alpha value is -3.78. The van der Waals surface area contributed by atoms with Gasteiger partial charge in [0.1, 0.15) is 17.1 Å². The third-order valence-corrected chi connectivity index (χ3v) is 8.12. The summed E-state index contributed by atoms with van der Waals surface area (Å²) in [6.45, 7) is 1.69. The molecule has 1 amide bonds. The second-order valence-electron chi connectivity index (χ2n) is 10.4. The molecular weight excluding hydrogens is 533 g/mol. The number of ketones is 1. The second kappa shape index (κ2) is 9.75. The van der Waals surface area contributed by atoms with Crippen LogP contribution >= 0.6 is 11.6 Å². The first kappa shape index (κ1) is 26.8. The van der Waals surface area contributed by atoms with E-state index in [-0.39, 0.29) is 51.8 Å². The molecule has 1 spiro atoms. The van der Waals surface area contributed by atoms with Crippen LogP contribution in [0.4, 0.5) is 19.0 Å². The zero-order valence-corrected chi connectivity index (χ0v) is 21.8. The predicted octanol–water partition coefficient (Wildman–Crippen LogP) is 4.86. The third-order valence-electron chi connectivity index (χ3n) is 7.79. The Morgan fingerprint density at radius 2 is 2.00 bits per heavy atom. The van der Waals surface area contributed by atoms with Crippen LogP contribution in [0.5, 0.6) is 0 Å². The molecule has 0 bridgehead atoms. The number of carbonyl (C=O) groups excluding carboxylic acids is 2. The van der Waals surface area contributed by atoms with E-state index in [2.05, 4.69) is 22.0 Å². The summed E-state index contributed by atoms with van der Waals surface area (Å²) in [5, 5.41) is 8.47. The number of halogens is 4. The normalized spacial score (nSPS) is 22.4. The van der Waals surface area contributed by atoms with Gasteiger partial charge in [-0.05, 0) is 68.1 Å². The van der Waals surface area contributed by atoms with Crippen molar-refractivity contribution in [3.63, 3.8) is 0 Å². The van der Waals surface area contributed by atoms with Gasteiger partial charge in [0.2, 0.25) is 5.78 Å². The number of hydrogen-bond acceptors (Lipinski definition) is 5. The number of Topliss-reactive ketones (excluding diaryl/α,β-unsaturated/α-hetero) is 1. The molecular formula is C27H26ClF3N6O2. The van der Waals surface area contributed by atoms with Crippen LogP contribution in [0.1, 0.15) is 66.6 Å². The number of amides is 1. The van der Waals surface area contributed by atoms with Gasteiger partial charge in [-0.3, -0.25) is 14.3 Å². The third kappa shape index (κ3) is 5.01. The summed E-state index contributed by atoms with van der Waals surface area (Å²) in [6, 6.07) is 3.62. The fraction of sp³-hybridized carbons (Fsp3) is 0.407. The van der Waals surface area contributed by atoms with Crippen LogP contribution in [0.25, 0.3) is 11.3 Å². The average Bonchev–Trinajstić information content (AvgIpc) is 3.56. The van der Waals surface area contributed by atoms with Crippen LogP contribution in [0.3, 0.4) is 0 Å². The molecule has 1 atom stereocenters. The summed E-state index contributed by atoms with van der Waals surface area (Å²) >= 11 is 5.72. The number of hydrogen-bond donors (Lipinski definition) is 2. The molecule has 2 aliphatic rings. The Labute approximate surface area is 227 Å². The van der Waals surface area contributed by atoms with E-state index in [1.807, 2.05) is 0 Å². The average molecular weight is 559 g/mol. The van der Waals surface area contributed by atoms with Crippen LogP contribution in [0.15, 0.2) is 30.6 Å². The summed E-state index contributed by atoms with van der Waals surface area (Å²) in [5.74, 6) is 4.68. The van der Waals surface area contributed by atoms with Crippen molar-refractivity contribution >= 4 is 29.1 Å². The highest BCUT2D eigenvalue weighted by Gasteiger charge is 2.51. The maximum atomic E-state index is 13.2. The van der Waals surface area contributed by atoms with E-state index in [4.69, 9.17) is 23.1 Å². The van der Waals surface area contributed by atoms with E-state index < -0.39 is 17.6 Å². The number of nitrogens with two attached hydrogens (primary N) is 2. The van der Waals surface area contributed by atoms with Gasteiger partial charge in [0.25, 0.3) is 5.91 Å². The molecule has 2 fully saturated rings. The molecule has 1 aromatic carbocycles. The van der Waals surface area contributed by atoms with Crippen molar-refractivity contribution in [1.82, 2.24) is 19.6 Å². The first-order valence-electron chi connectivity index (χ1n) is 12.4. The van der Waals surface area contributed by atoms with Gasteiger partial charge in [0, 0.05) is 17.7 Å².